The van der Waals surface area contributed by atoms with E-state index < -0.39 is 15.9 Å². The van der Waals surface area contributed by atoms with Crippen LogP contribution in [0.5, 0.6) is 11.5 Å². The standard InChI is InChI=1S/C16H20N2O5S2/c1-10-15(25(20,21)18(2)3)9-14(24-10)16(19)17-12-7-6-11(22-4)8-13(12)23-5/h6-9H,1-5H3,(H,17,19). The third kappa shape index (κ3) is 3.94. The maximum Gasteiger partial charge on any atom is 0.265 e. The summed E-state index contributed by atoms with van der Waals surface area (Å²) >= 11 is 1.12. The lowest BCUT2D eigenvalue weighted by atomic mass is 10.2. The highest BCUT2D eigenvalue weighted by atomic mass is 32.2. The number of rotatable bonds is 6. The molecule has 0 bridgehead atoms. The number of methoxy groups -OCH3 is 2. The molecule has 136 valence electrons. The second kappa shape index (κ2) is 7.42. The van der Waals surface area contributed by atoms with Crippen LogP contribution >= 0.6 is 11.3 Å². The van der Waals surface area contributed by atoms with E-state index >= 15 is 0 Å². The number of nitrogens with zero attached hydrogens (tertiary/aromatic N) is 1. The van der Waals surface area contributed by atoms with Crippen molar-refractivity contribution in [1.29, 1.82) is 0 Å². The van der Waals surface area contributed by atoms with Gasteiger partial charge in [-0.1, -0.05) is 0 Å². The number of carbonyl (C=O) groups is 1. The second-order valence-electron chi connectivity index (χ2n) is 5.34. The molecule has 1 amide bonds. The van der Waals surface area contributed by atoms with E-state index in [-0.39, 0.29) is 4.90 Å². The zero-order valence-corrected chi connectivity index (χ0v) is 16.2. The minimum Gasteiger partial charge on any atom is -0.497 e. The van der Waals surface area contributed by atoms with Crippen LogP contribution in [0.1, 0.15) is 14.5 Å². The summed E-state index contributed by atoms with van der Waals surface area (Å²) in [6.07, 6.45) is 0. The molecule has 0 aliphatic heterocycles. The molecule has 1 aromatic carbocycles. The molecule has 9 heteroatoms. The molecule has 0 unspecified atom stereocenters. The third-order valence-corrected chi connectivity index (χ3v) is 6.63. The number of sulfonamides is 1. The molecule has 0 saturated carbocycles. The summed E-state index contributed by atoms with van der Waals surface area (Å²) in [6, 6.07) is 6.39. The molecular weight excluding hydrogens is 364 g/mol. The second-order valence-corrected chi connectivity index (χ2v) is 8.72. The fourth-order valence-corrected chi connectivity index (χ4v) is 4.46. The van der Waals surface area contributed by atoms with Gasteiger partial charge in [0, 0.05) is 25.0 Å². The van der Waals surface area contributed by atoms with Crippen molar-refractivity contribution in [2.24, 2.45) is 0 Å². The Hall–Kier alpha value is -2.10. The maximum absolute atomic E-state index is 12.5. The first-order valence-electron chi connectivity index (χ1n) is 7.27. The maximum atomic E-state index is 12.5. The molecular formula is C16H20N2O5S2. The summed E-state index contributed by atoms with van der Waals surface area (Å²) < 4.78 is 36.1. The van der Waals surface area contributed by atoms with E-state index in [4.69, 9.17) is 9.47 Å². The summed E-state index contributed by atoms with van der Waals surface area (Å²) in [4.78, 5) is 13.5. The van der Waals surface area contributed by atoms with E-state index in [2.05, 4.69) is 5.32 Å². The lowest BCUT2D eigenvalue weighted by Crippen LogP contribution is -2.22. The van der Waals surface area contributed by atoms with Crippen LogP contribution in [0.4, 0.5) is 5.69 Å². The zero-order chi connectivity index (χ0) is 18.8. The summed E-state index contributed by atoms with van der Waals surface area (Å²) in [5, 5.41) is 2.73. The number of anilines is 1. The molecule has 1 N–H and O–H groups in total. The van der Waals surface area contributed by atoms with Crippen molar-refractivity contribution in [3.63, 3.8) is 0 Å². The Bertz CT molecular complexity index is 888. The van der Waals surface area contributed by atoms with Crippen molar-refractivity contribution in [2.75, 3.05) is 33.6 Å². The van der Waals surface area contributed by atoms with Gasteiger partial charge in [-0.3, -0.25) is 4.79 Å². The molecule has 0 fully saturated rings. The zero-order valence-electron chi connectivity index (χ0n) is 14.6. The van der Waals surface area contributed by atoms with Crippen molar-refractivity contribution in [2.45, 2.75) is 11.8 Å². The molecule has 0 radical (unpaired) electrons. The fraction of sp³-hybridized carbons (Fsp3) is 0.312. The first kappa shape index (κ1) is 19.2. The Kier molecular flexibility index (Phi) is 5.71. The molecule has 0 spiro atoms. The van der Waals surface area contributed by atoms with Gasteiger partial charge in [0.05, 0.1) is 29.7 Å². The summed E-state index contributed by atoms with van der Waals surface area (Å²) in [6.45, 7) is 1.67. The van der Waals surface area contributed by atoms with Crippen molar-refractivity contribution < 1.29 is 22.7 Å². The molecule has 2 aromatic rings. The summed E-state index contributed by atoms with van der Waals surface area (Å²) in [7, 11) is 2.34. The molecule has 25 heavy (non-hydrogen) atoms. The minimum atomic E-state index is -3.59. The average Bonchev–Trinajstić information content (AvgIpc) is 2.97. The molecule has 2 rings (SSSR count). The highest BCUT2D eigenvalue weighted by Gasteiger charge is 2.24. The number of carbonyl (C=O) groups excluding carboxylic acids is 1. The van der Waals surface area contributed by atoms with Crippen molar-refractivity contribution in [3.8, 4) is 11.5 Å². The average molecular weight is 384 g/mol. The number of benzene rings is 1. The first-order valence-corrected chi connectivity index (χ1v) is 9.52. The molecule has 1 aromatic heterocycles. The molecule has 0 aliphatic carbocycles. The van der Waals surface area contributed by atoms with Gasteiger partial charge in [0.15, 0.2) is 0 Å². The van der Waals surface area contributed by atoms with Crippen molar-refractivity contribution in [1.82, 2.24) is 4.31 Å². The van der Waals surface area contributed by atoms with Crippen LogP contribution in [0, 0.1) is 6.92 Å². The molecule has 0 atom stereocenters. The van der Waals surface area contributed by atoms with Crippen molar-refractivity contribution >= 4 is 33.0 Å². The van der Waals surface area contributed by atoms with Crippen LogP contribution in [0.3, 0.4) is 0 Å². The predicted octanol–water partition coefficient (Wildman–Crippen LogP) is 2.58. The van der Waals surface area contributed by atoms with E-state index in [0.717, 1.165) is 15.6 Å². The van der Waals surface area contributed by atoms with E-state index in [1.807, 2.05) is 0 Å². The molecule has 7 nitrogen and oxygen atoms in total. The largest absolute Gasteiger partial charge is 0.497 e. The molecule has 1 heterocycles. The van der Waals surface area contributed by atoms with Gasteiger partial charge in [-0.25, -0.2) is 12.7 Å². The van der Waals surface area contributed by atoms with Gasteiger partial charge in [0.2, 0.25) is 10.0 Å². The Morgan fingerprint density at radius 2 is 1.84 bits per heavy atom. The van der Waals surface area contributed by atoms with E-state index in [9.17, 15) is 13.2 Å². The number of amides is 1. The Morgan fingerprint density at radius 3 is 2.40 bits per heavy atom. The lowest BCUT2D eigenvalue weighted by molar-refractivity contribution is 0.103. The van der Waals surface area contributed by atoms with Crippen molar-refractivity contribution in [3.05, 3.63) is 34.0 Å². The smallest absolute Gasteiger partial charge is 0.265 e. The SMILES string of the molecule is COc1ccc(NC(=O)c2cc(S(=O)(=O)N(C)C)c(C)s2)c(OC)c1. The Labute approximate surface area is 151 Å². The third-order valence-electron chi connectivity index (χ3n) is 3.51. The van der Waals surface area contributed by atoms with E-state index in [1.165, 1.54) is 34.4 Å². The highest BCUT2D eigenvalue weighted by molar-refractivity contribution is 7.89. The number of ether oxygens (including phenoxy) is 2. The van der Waals surface area contributed by atoms with E-state index in [0.29, 0.717) is 26.9 Å². The van der Waals surface area contributed by atoms with Crippen LogP contribution in [0.15, 0.2) is 29.2 Å². The van der Waals surface area contributed by atoms with Gasteiger partial charge in [0.25, 0.3) is 5.91 Å². The van der Waals surface area contributed by atoms with Crippen LogP contribution in [-0.4, -0.2) is 46.9 Å². The van der Waals surface area contributed by atoms with Gasteiger partial charge in [-0.05, 0) is 25.1 Å². The Balaban J connectivity index is 2.31. The number of hydrogen-bond donors (Lipinski definition) is 1. The van der Waals surface area contributed by atoms with Gasteiger partial charge in [-0.15, -0.1) is 11.3 Å². The fourth-order valence-electron chi connectivity index (χ4n) is 2.12. The summed E-state index contributed by atoms with van der Waals surface area (Å²) in [5.74, 6) is 0.639. The predicted molar refractivity (Wildman–Crippen MR) is 97.4 cm³/mol. The number of hydrogen-bond acceptors (Lipinski definition) is 6. The van der Waals surface area contributed by atoms with Crippen LogP contribution in [0.2, 0.25) is 0 Å². The number of nitrogens with one attached hydrogen (secondary N) is 1. The highest BCUT2D eigenvalue weighted by Crippen LogP contribution is 2.31. The Morgan fingerprint density at radius 1 is 1.16 bits per heavy atom. The van der Waals surface area contributed by atoms with Gasteiger partial charge in [0.1, 0.15) is 11.5 Å². The topological polar surface area (TPSA) is 84.9 Å². The normalized spacial score (nSPS) is 11.4. The minimum absolute atomic E-state index is 0.134. The molecule has 0 saturated heterocycles. The monoisotopic (exact) mass is 384 g/mol. The van der Waals surface area contributed by atoms with Gasteiger partial charge < -0.3 is 14.8 Å². The van der Waals surface area contributed by atoms with Crippen LogP contribution < -0.4 is 14.8 Å². The number of aryl methyl sites for hydroxylation is 1. The first-order chi connectivity index (χ1) is 11.7. The van der Waals surface area contributed by atoms with Gasteiger partial charge in [-0.2, -0.15) is 0 Å². The number of thiophene rings is 1. The van der Waals surface area contributed by atoms with E-state index in [1.54, 1.807) is 25.1 Å². The lowest BCUT2D eigenvalue weighted by Gasteiger charge is -2.11. The summed E-state index contributed by atoms with van der Waals surface area (Å²) in [5.41, 5.74) is 0.469. The van der Waals surface area contributed by atoms with Crippen LogP contribution in [-0.2, 0) is 10.0 Å². The quantitative estimate of drug-likeness (QED) is 0.827. The van der Waals surface area contributed by atoms with Gasteiger partial charge >= 0.3 is 0 Å². The molecule has 0 aliphatic rings. The van der Waals surface area contributed by atoms with Crippen LogP contribution in [0.25, 0.3) is 0 Å².